The molecule has 8 heteroatoms. The molecular weight excluding hydrogens is 331 g/mol. The van der Waals surface area contributed by atoms with Crippen LogP contribution in [0.2, 0.25) is 0 Å². The third kappa shape index (κ3) is 3.43. The van der Waals surface area contributed by atoms with Crippen LogP contribution in [-0.2, 0) is 9.59 Å². The van der Waals surface area contributed by atoms with E-state index in [9.17, 15) is 14.0 Å². The van der Waals surface area contributed by atoms with E-state index >= 15 is 0 Å². The second kappa shape index (κ2) is 6.64. The number of nitrogens with zero attached hydrogens (tertiary/aromatic N) is 3. The summed E-state index contributed by atoms with van der Waals surface area (Å²) in [6.07, 6.45) is 0.124. The van der Waals surface area contributed by atoms with Crippen LogP contribution in [-0.4, -0.2) is 28.6 Å². The zero-order valence-corrected chi connectivity index (χ0v) is 14.1. The van der Waals surface area contributed by atoms with Crippen LogP contribution < -0.4 is 10.2 Å². The topological polar surface area (TPSA) is 75.2 Å². The first-order chi connectivity index (χ1) is 11.4. The van der Waals surface area contributed by atoms with E-state index in [1.807, 2.05) is 13.8 Å². The summed E-state index contributed by atoms with van der Waals surface area (Å²) in [5.41, 5.74) is 0.592. The minimum Gasteiger partial charge on any atom is -0.312 e. The molecule has 0 radical (unpaired) electrons. The van der Waals surface area contributed by atoms with E-state index in [2.05, 4.69) is 15.5 Å². The summed E-state index contributed by atoms with van der Waals surface area (Å²) in [7, 11) is 0. The molecule has 126 valence electrons. The number of aromatic nitrogens is 2. The minimum atomic E-state index is -0.464. The van der Waals surface area contributed by atoms with Gasteiger partial charge in [-0.25, -0.2) is 4.39 Å². The molecule has 3 rings (SSSR count). The summed E-state index contributed by atoms with van der Waals surface area (Å²) in [4.78, 5) is 26.0. The highest BCUT2D eigenvalue weighted by Gasteiger charge is 2.35. The van der Waals surface area contributed by atoms with Gasteiger partial charge in [0.05, 0.1) is 5.92 Å². The summed E-state index contributed by atoms with van der Waals surface area (Å²) in [5.74, 6) is -0.984. The Kier molecular flexibility index (Phi) is 4.57. The predicted molar refractivity (Wildman–Crippen MR) is 89.5 cm³/mol. The molecule has 2 amide bonds. The van der Waals surface area contributed by atoms with Gasteiger partial charge < -0.3 is 10.2 Å². The number of anilines is 2. The Morgan fingerprint density at radius 1 is 1.33 bits per heavy atom. The van der Waals surface area contributed by atoms with Gasteiger partial charge in [0.2, 0.25) is 16.9 Å². The van der Waals surface area contributed by atoms with Crippen LogP contribution in [0.5, 0.6) is 0 Å². The first-order valence-electron chi connectivity index (χ1n) is 7.64. The Morgan fingerprint density at radius 3 is 2.67 bits per heavy atom. The molecule has 1 aromatic carbocycles. The highest BCUT2D eigenvalue weighted by Crippen LogP contribution is 2.27. The van der Waals surface area contributed by atoms with Crippen molar-refractivity contribution in [2.75, 3.05) is 16.8 Å². The smallest absolute Gasteiger partial charge is 0.231 e. The minimum absolute atomic E-state index is 0.124. The lowest BCUT2D eigenvalue weighted by Crippen LogP contribution is -2.28. The van der Waals surface area contributed by atoms with E-state index in [4.69, 9.17) is 0 Å². The van der Waals surface area contributed by atoms with Crippen molar-refractivity contribution in [2.24, 2.45) is 5.92 Å². The first kappa shape index (κ1) is 16.5. The molecular formula is C16H17FN4O2S. The highest BCUT2D eigenvalue weighted by molar-refractivity contribution is 7.15. The van der Waals surface area contributed by atoms with Gasteiger partial charge in [-0.1, -0.05) is 25.2 Å². The summed E-state index contributed by atoms with van der Waals surface area (Å²) in [5, 5.41) is 12.0. The number of hydrogen-bond acceptors (Lipinski definition) is 5. The molecule has 1 aromatic heterocycles. The Morgan fingerprint density at radius 2 is 2.04 bits per heavy atom. The molecule has 0 aliphatic carbocycles. The van der Waals surface area contributed by atoms with Gasteiger partial charge in [-0.15, -0.1) is 10.2 Å². The van der Waals surface area contributed by atoms with Crippen LogP contribution >= 0.6 is 11.3 Å². The van der Waals surface area contributed by atoms with Crippen molar-refractivity contribution < 1.29 is 14.0 Å². The molecule has 1 aliphatic rings. The SMILES string of the molecule is CC(C)c1nnc(NC(=O)[C@H]2CC(=O)N(c3ccc(F)cc3)C2)s1. The zero-order chi connectivity index (χ0) is 17.3. The number of nitrogens with one attached hydrogen (secondary N) is 1. The molecule has 0 bridgehead atoms. The molecule has 1 saturated heterocycles. The molecule has 2 heterocycles. The quantitative estimate of drug-likeness (QED) is 0.922. The predicted octanol–water partition coefficient (Wildman–Crippen LogP) is 2.79. The molecule has 24 heavy (non-hydrogen) atoms. The normalized spacial score (nSPS) is 17.6. The van der Waals surface area contributed by atoms with Crippen LogP contribution in [0.4, 0.5) is 15.2 Å². The van der Waals surface area contributed by atoms with E-state index in [0.717, 1.165) is 5.01 Å². The number of amides is 2. The van der Waals surface area contributed by atoms with Crippen molar-refractivity contribution in [1.29, 1.82) is 0 Å². The third-order valence-electron chi connectivity index (χ3n) is 3.80. The summed E-state index contributed by atoms with van der Waals surface area (Å²) in [6.45, 7) is 4.27. The van der Waals surface area contributed by atoms with Crippen LogP contribution in [0, 0.1) is 11.7 Å². The third-order valence-corrected chi connectivity index (χ3v) is 4.94. The number of halogens is 1. The molecule has 0 spiro atoms. The standard InChI is InChI=1S/C16H17FN4O2S/c1-9(2)15-19-20-16(24-15)18-14(23)10-7-13(22)21(8-10)12-5-3-11(17)4-6-12/h3-6,9-10H,7-8H2,1-2H3,(H,18,20,23)/t10-/m0/s1. The van der Waals surface area contributed by atoms with Crippen molar-refractivity contribution >= 4 is 34.0 Å². The largest absolute Gasteiger partial charge is 0.312 e. The number of benzene rings is 1. The van der Waals surface area contributed by atoms with E-state index < -0.39 is 5.92 Å². The number of carbonyl (C=O) groups excluding carboxylic acids is 2. The van der Waals surface area contributed by atoms with Crippen molar-refractivity contribution in [2.45, 2.75) is 26.2 Å². The maximum atomic E-state index is 13.0. The van der Waals surface area contributed by atoms with Gasteiger partial charge in [0, 0.05) is 24.6 Å². The molecule has 0 saturated carbocycles. The number of rotatable bonds is 4. The lowest BCUT2D eigenvalue weighted by molar-refractivity contribution is -0.122. The fourth-order valence-electron chi connectivity index (χ4n) is 2.48. The van der Waals surface area contributed by atoms with Gasteiger partial charge in [-0.2, -0.15) is 0 Å². The molecule has 0 unspecified atom stereocenters. The van der Waals surface area contributed by atoms with Gasteiger partial charge in [-0.3, -0.25) is 9.59 Å². The average molecular weight is 348 g/mol. The monoisotopic (exact) mass is 348 g/mol. The van der Waals surface area contributed by atoms with Crippen molar-refractivity contribution in [3.05, 3.63) is 35.1 Å². The van der Waals surface area contributed by atoms with Crippen molar-refractivity contribution in [1.82, 2.24) is 10.2 Å². The van der Waals surface area contributed by atoms with E-state index in [1.165, 1.54) is 40.5 Å². The van der Waals surface area contributed by atoms with Gasteiger partial charge in [0.1, 0.15) is 10.8 Å². The van der Waals surface area contributed by atoms with E-state index in [1.54, 1.807) is 0 Å². The Bertz CT molecular complexity index is 760. The lowest BCUT2D eigenvalue weighted by atomic mass is 10.1. The molecule has 1 N–H and O–H groups in total. The molecule has 6 nitrogen and oxygen atoms in total. The van der Waals surface area contributed by atoms with E-state index in [0.29, 0.717) is 10.8 Å². The van der Waals surface area contributed by atoms with Gasteiger partial charge in [0.15, 0.2) is 0 Å². The summed E-state index contributed by atoms with van der Waals surface area (Å²) >= 11 is 1.33. The second-order valence-electron chi connectivity index (χ2n) is 5.97. The maximum absolute atomic E-state index is 13.0. The summed E-state index contributed by atoms with van der Waals surface area (Å²) < 4.78 is 13.0. The molecule has 1 fully saturated rings. The second-order valence-corrected chi connectivity index (χ2v) is 6.98. The van der Waals surface area contributed by atoms with Crippen molar-refractivity contribution in [3.8, 4) is 0 Å². The Balaban J connectivity index is 1.66. The van der Waals surface area contributed by atoms with Crippen LogP contribution in [0.3, 0.4) is 0 Å². The number of carbonyl (C=O) groups is 2. The first-order valence-corrected chi connectivity index (χ1v) is 8.46. The average Bonchev–Trinajstić information content (AvgIpc) is 3.15. The van der Waals surface area contributed by atoms with Gasteiger partial charge >= 0.3 is 0 Å². The Hall–Kier alpha value is -2.35. The fraction of sp³-hybridized carbons (Fsp3) is 0.375. The maximum Gasteiger partial charge on any atom is 0.231 e. The van der Waals surface area contributed by atoms with Crippen LogP contribution in [0.15, 0.2) is 24.3 Å². The fourth-order valence-corrected chi connectivity index (χ4v) is 3.23. The molecule has 2 aromatic rings. The number of hydrogen-bond donors (Lipinski definition) is 1. The van der Waals surface area contributed by atoms with Gasteiger partial charge in [-0.05, 0) is 24.3 Å². The molecule has 1 atom stereocenters. The van der Waals surface area contributed by atoms with Crippen LogP contribution in [0.1, 0.15) is 31.2 Å². The Labute approximate surface area is 142 Å². The van der Waals surface area contributed by atoms with Crippen molar-refractivity contribution in [3.63, 3.8) is 0 Å². The highest BCUT2D eigenvalue weighted by atomic mass is 32.1. The van der Waals surface area contributed by atoms with E-state index in [-0.39, 0.29) is 36.5 Å². The lowest BCUT2D eigenvalue weighted by Gasteiger charge is -2.16. The molecule has 1 aliphatic heterocycles. The zero-order valence-electron chi connectivity index (χ0n) is 13.3. The van der Waals surface area contributed by atoms with Gasteiger partial charge in [0.25, 0.3) is 0 Å². The van der Waals surface area contributed by atoms with Crippen LogP contribution in [0.25, 0.3) is 0 Å². The summed E-state index contributed by atoms with van der Waals surface area (Å²) in [6, 6.07) is 5.66.